The molecule has 1 N–H and O–H groups in total. The second-order valence-corrected chi connectivity index (χ2v) is 6.08. The number of nitrogens with zero attached hydrogens (tertiary/aromatic N) is 1. The quantitative estimate of drug-likeness (QED) is 0.769. The Morgan fingerprint density at radius 3 is 2.35 bits per heavy atom. The van der Waals surface area contributed by atoms with E-state index >= 15 is 0 Å². The van der Waals surface area contributed by atoms with Crippen LogP contribution in [0.15, 0.2) is 29.2 Å². The summed E-state index contributed by atoms with van der Waals surface area (Å²) in [6.45, 7) is 3.60. The lowest BCUT2D eigenvalue weighted by atomic mass is 10.3. The summed E-state index contributed by atoms with van der Waals surface area (Å²) < 4.78 is 30.7. The van der Waals surface area contributed by atoms with E-state index in [1.165, 1.54) is 24.3 Å². The van der Waals surface area contributed by atoms with Gasteiger partial charge in [-0.05, 0) is 37.6 Å². The number of rotatable bonds is 7. The van der Waals surface area contributed by atoms with Gasteiger partial charge in [0, 0.05) is 6.54 Å². The minimum absolute atomic E-state index is 0.0172. The molecule has 1 aromatic carbocycles. The molecule has 7 heteroatoms. The summed E-state index contributed by atoms with van der Waals surface area (Å²) in [5.74, 6) is -0.598. The van der Waals surface area contributed by atoms with Crippen molar-refractivity contribution in [2.24, 2.45) is 0 Å². The molecule has 0 amide bonds. The first-order chi connectivity index (χ1) is 9.41. The van der Waals surface area contributed by atoms with Crippen molar-refractivity contribution >= 4 is 16.0 Å². The Hall–Kier alpha value is -1.60. The van der Waals surface area contributed by atoms with E-state index in [1.54, 1.807) is 6.92 Å². The van der Waals surface area contributed by atoms with E-state index in [9.17, 15) is 18.3 Å². The highest BCUT2D eigenvalue weighted by molar-refractivity contribution is 7.89. The average molecular weight is 301 g/mol. The number of sulfonamides is 1. The van der Waals surface area contributed by atoms with Crippen molar-refractivity contribution in [3.63, 3.8) is 0 Å². The predicted octanol–water partition coefficient (Wildman–Crippen LogP) is 1.36. The third-order valence-electron chi connectivity index (χ3n) is 2.56. The predicted molar refractivity (Wildman–Crippen MR) is 73.8 cm³/mol. The fourth-order valence-corrected chi connectivity index (χ4v) is 3.13. The van der Waals surface area contributed by atoms with Crippen molar-refractivity contribution in [3.8, 4) is 5.75 Å². The minimum atomic E-state index is -3.77. The molecule has 0 aliphatic heterocycles. The van der Waals surface area contributed by atoms with Crippen LogP contribution in [0.25, 0.3) is 0 Å². The molecular weight excluding hydrogens is 282 g/mol. The van der Waals surface area contributed by atoms with Gasteiger partial charge in [0.25, 0.3) is 0 Å². The Morgan fingerprint density at radius 2 is 1.85 bits per heavy atom. The Kier molecular flexibility index (Phi) is 5.97. The molecule has 0 saturated carbocycles. The van der Waals surface area contributed by atoms with Gasteiger partial charge >= 0.3 is 5.97 Å². The summed E-state index contributed by atoms with van der Waals surface area (Å²) in [5, 5.41) is 9.20. The molecule has 0 radical (unpaired) electrons. The van der Waals surface area contributed by atoms with Gasteiger partial charge in [0.1, 0.15) is 12.3 Å². The zero-order valence-electron chi connectivity index (χ0n) is 11.6. The van der Waals surface area contributed by atoms with Gasteiger partial charge in [-0.15, -0.1) is 0 Å². The highest BCUT2D eigenvalue weighted by atomic mass is 32.2. The number of hydrogen-bond acceptors (Lipinski definition) is 5. The van der Waals surface area contributed by atoms with Crippen LogP contribution in [0.3, 0.4) is 0 Å². The highest BCUT2D eigenvalue weighted by Crippen LogP contribution is 2.19. The normalized spacial score (nSPS) is 11.6. The Balaban J connectivity index is 2.99. The monoisotopic (exact) mass is 301 g/mol. The first-order valence-corrected chi connectivity index (χ1v) is 7.80. The summed E-state index contributed by atoms with van der Waals surface area (Å²) in [4.78, 5) is 11.5. The molecule has 0 spiro atoms. The van der Waals surface area contributed by atoms with Crippen LogP contribution in [0.1, 0.15) is 20.3 Å². The van der Waals surface area contributed by atoms with E-state index in [1.807, 2.05) is 6.92 Å². The second kappa shape index (κ2) is 7.25. The number of aromatic hydroxyl groups is 1. The van der Waals surface area contributed by atoms with Crippen LogP contribution in [-0.4, -0.2) is 43.5 Å². The van der Waals surface area contributed by atoms with E-state index in [0.29, 0.717) is 6.42 Å². The van der Waals surface area contributed by atoms with Crippen molar-refractivity contribution in [2.45, 2.75) is 25.2 Å². The topological polar surface area (TPSA) is 83.9 Å². The molecule has 20 heavy (non-hydrogen) atoms. The summed E-state index contributed by atoms with van der Waals surface area (Å²) in [6.07, 6.45) is 0.580. The lowest BCUT2D eigenvalue weighted by molar-refractivity contribution is -0.143. The smallest absolute Gasteiger partial charge is 0.321 e. The number of carbonyl (C=O) groups excluding carboxylic acids is 1. The van der Waals surface area contributed by atoms with E-state index in [-0.39, 0.29) is 30.3 Å². The highest BCUT2D eigenvalue weighted by Gasteiger charge is 2.26. The van der Waals surface area contributed by atoms with Gasteiger partial charge in [-0.3, -0.25) is 4.79 Å². The van der Waals surface area contributed by atoms with Gasteiger partial charge in [-0.25, -0.2) is 8.42 Å². The molecule has 0 bridgehead atoms. The maximum Gasteiger partial charge on any atom is 0.321 e. The van der Waals surface area contributed by atoms with Crippen molar-refractivity contribution in [2.75, 3.05) is 19.7 Å². The third kappa shape index (κ3) is 4.21. The van der Waals surface area contributed by atoms with E-state index in [0.717, 1.165) is 4.31 Å². The van der Waals surface area contributed by atoms with Crippen LogP contribution in [0, 0.1) is 0 Å². The Labute approximate surface area is 119 Å². The molecule has 1 rings (SSSR count). The van der Waals surface area contributed by atoms with Crippen molar-refractivity contribution in [3.05, 3.63) is 24.3 Å². The first-order valence-electron chi connectivity index (χ1n) is 6.36. The SMILES string of the molecule is CCCN(CC(=O)OCC)S(=O)(=O)c1ccc(O)cc1. The van der Waals surface area contributed by atoms with Crippen LogP contribution in [0.4, 0.5) is 0 Å². The molecule has 0 saturated heterocycles. The van der Waals surface area contributed by atoms with Crippen LogP contribution in [0.2, 0.25) is 0 Å². The lowest BCUT2D eigenvalue weighted by Gasteiger charge is -2.20. The molecule has 0 fully saturated rings. The molecule has 0 unspecified atom stereocenters. The molecule has 6 nitrogen and oxygen atoms in total. The molecule has 0 heterocycles. The van der Waals surface area contributed by atoms with Crippen molar-refractivity contribution in [1.29, 1.82) is 0 Å². The number of ether oxygens (including phenoxy) is 1. The number of phenols is 1. The van der Waals surface area contributed by atoms with Crippen LogP contribution < -0.4 is 0 Å². The van der Waals surface area contributed by atoms with Crippen molar-refractivity contribution < 1.29 is 23.1 Å². The maximum absolute atomic E-state index is 12.4. The van der Waals surface area contributed by atoms with Crippen LogP contribution in [-0.2, 0) is 19.6 Å². The summed E-state index contributed by atoms with van der Waals surface area (Å²) in [5.41, 5.74) is 0. The van der Waals surface area contributed by atoms with Gasteiger partial charge in [0.15, 0.2) is 0 Å². The van der Waals surface area contributed by atoms with Crippen molar-refractivity contribution in [1.82, 2.24) is 4.31 Å². The molecule has 112 valence electrons. The number of esters is 1. The summed E-state index contributed by atoms with van der Waals surface area (Å²) >= 11 is 0. The molecule has 1 aromatic rings. The summed E-state index contributed by atoms with van der Waals surface area (Å²) in [7, 11) is -3.77. The van der Waals surface area contributed by atoms with Crippen LogP contribution in [0.5, 0.6) is 5.75 Å². The van der Waals surface area contributed by atoms with E-state index in [4.69, 9.17) is 4.74 Å². The van der Waals surface area contributed by atoms with Gasteiger partial charge in [-0.1, -0.05) is 6.92 Å². The number of benzene rings is 1. The molecule has 0 aliphatic rings. The van der Waals surface area contributed by atoms with E-state index in [2.05, 4.69) is 0 Å². The molecular formula is C13H19NO5S. The van der Waals surface area contributed by atoms with Gasteiger partial charge < -0.3 is 9.84 Å². The van der Waals surface area contributed by atoms with Gasteiger partial charge in [0.2, 0.25) is 10.0 Å². The fraction of sp³-hybridized carbons (Fsp3) is 0.462. The van der Waals surface area contributed by atoms with Gasteiger partial charge in [-0.2, -0.15) is 4.31 Å². The lowest BCUT2D eigenvalue weighted by Crippen LogP contribution is -2.37. The zero-order valence-corrected chi connectivity index (χ0v) is 12.4. The Morgan fingerprint density at radius 1 is 1.25 bits per heavy atom. The van der Waals surface area contributed by atoms with Crippen LogP contribution >= 0.6 is 0 Å². The fourth-order valence-electron chi connectivity index (χ4n) is 1.65. The maximum atomic E-state index is 12.4. The number of phenolic OH excluding ortho intramolecular Hbond substituents is 1. The average Bonchev–Trinajstić information content (AvgIpc) is 2.39. The number of hydrogen-bond donors (Lipinski definition) is 1. The van der Waals surface area contributed by atoms with Gasteiger partial charge in [0.05, 0.1) is 11.5 Å². The largest absolute Gasteiger partial charge is 0.508 e. The second-order valence-electron chi connectivity index (χ2n) is 4.14. The molecule has 0 aliphatic carbocycles. The zero-order chi connectivity index (χ0) is 15.2. The van der Waals surface area contributed by atoms with E-state index < -0.39 is 16.0 Å². The molecule has 0 aromatic heterocycles. The minimum Gasteiger partial charge on any atom is -0.508 e. The third-order valence-corrected chi connectivity index (χ3v) is 4.42. The first kappa shape index (κ1) is 16.5. The number of carbonyl (C=O) groups is 1. The molecule has 0 atom stereocenters. The Bertz CT molecular complexity index is 538. The summed E-state index contributed by atoms with van der Waals surface area (Å²) in [6, 6.07) is 5.19. The standard InChI is InChI=1S/C13H19NO5S/c1-3-9-14(10-13(16)19-4-2)20(17,18)12-7-5-11(15)6-8-12/h5-8,15H,3-4,9-10H2,1-2H3.